The monoisotopic (exact) mass is 431 g/mol. The van der Waals surface area contributed by atoms with Crippen molar-refractivity contribution in [3.8, 4) is 0 Å². The van der Waals surface area contributed by atoms with E-state index in [1.165, 1.54) is 4.90 Å². The second-order valence-electron chi connectivity index (χ2n) is 6.33. The van der Waals surface area contributed by atoms with E-state index >= 15 is 0 Å². The standard InChI is InChI=1S/C17H14BrN5O4/c18-13-6-11(21-22-13)15(25)19-9-1-2-10-8(5-9)7-23(17(10)27)12-3-4-14(24)20-16(12)26/h1-2,5-6,12H,3-4,7H2,(H,19,25)(H,21,22)(H,20,24,26). The quantitative estimate of drug-likeness (QED) is 0.629. The third-order valence-corrected chi connectivity index (χ3v) is 4.97. The molecule has 1 atom stereocenters. The van der Waals surface area contributed by atoms with Crippen LogP contribution in [0.2, 0.25) is 0 Å². The number of piperidine rings is 1. The molecule has 10 heteroatoms. The van der Waals surface area contributed by atoms with Crippen molar-refractivity contribution in [2.24, 2.45) is 0 Å². The summed E-state index contributed by atoms with van der Waals surface area (Å²) in [6.07, 6.45) is 0.513. The van der Waals surface area contributed by atoms with Crippen LogP contribution in [0.1, 0.15) is 39.3 Å². The molecule has 2 aliphatic heterocycles. The Balaban J connectivity index is 1.51. The van der Waals surface area contributed by atoms with E-state index < -0.39 is 11.9 Å². The predicted octanol–water partition coefficient (Wildman–Crippen LogP) is 1.19. The summed E-state index contributed by atoms with van der Waals surface area (Å²) in [7, 11) is 0. The van der Waals surface area contributed by atoms with Crippen LogP contribution >= 0.6 is 15.9 Å². The van der Waals surface area contributed by atoms with Crippen LogP contribution in [0, 0.1) is 0 Å². The van der Waals surface area contributed by atoms with Gasteiger partial charge in [0.25, 0.3) is 11.8 Å². The number of aromatic amines is 1. The number of halogens is 1. The maximum absolute atomic E-state index is 12.6. The Bertz CT molecular complexity index is 985. The summed E-state index contributed by atoms with van der Waals surface area (Å²) in [4.78, 5) is 49.7. The topological polar surface area (TPSA) is 124 Å². The molecule has 1 fully saturated rings. The molecule has 1 unspecified atom stereocenters. The van der Waals surface area contributed by atoms with Gasteiger partial charge in [-0.3, -0.25) is 29.6 Å². The zero-order valence-corrected chi connectivity index (χ0v) is 15.5. The normalized spacial score (nSPS) is 19.1. The van der Waals surface area contributed by atoms with Crippen molar-refractivity contribution in [1.29, 1.82) is 0 Å². The van der Waals surface area contributed by atoms with Crippen LogP contribution < -0.4 is 10.6 Å². The molecule has 27 heavy (non-hydrogen) atoms. The first kappa shape index (κ1) is 17.4. The van der Waals surface area contributed by atoms with Crippen LogP contribution in [-0.2, 0) is 16.1 Å². The summed E-state index contributed by atoms with van der Waals surface area (Å²) in [5.41, 5.74) is 1.95. The van der Waals surface area contributed by atoms with Crippen molar-refractivity contribution < 1.29 is 19.2 Å². The van der Waals surface area contributed by atoms with Crippen molar-refractivity contribution in [2.75, 3.05) is 5.32 Å². The molecule has 1 aromatic heterocycles. The molecule has 3 N–H and O–H groups in total. The van der Waals surface area contributed by atoms with E-state index in [-0.39, 0.29) is 36.4 Å². The largest absolute Gasteiger partial charge is 0.322 e. The van der Waals surface area contributed by atoms with E-state index in [2.05, 4.69) is 36.8 Å². The number of benzene rings is 1. The molecule has 0 spiro atoms. The first-order valence-corrected chi connectivity index (χ1v) is 9.01. The van der Waals surface area contributed by atoms with Gasteiger partial charge in [0.05, 0.1) is 0 Å². The zero-order valence-electron chi connectivity index (χ0n) is 13.9. The number of aromatic nitrogens is 2. The Morgan fingerprint density at radius 2 is 2.07 bits per heavy atom. The molecule has 9 nitrogen and oxygen atoms in total. The van der Waals surface area contributed by atoms with Gasteiger partial charge in [-0.15, -0.1) is 0 Å². The van der Waals surface area contributed by atoms with Gasteiger partial charge in [-0.05, 0) is 46.1 Å². The fourth-order valence-corrected chi connectivity index (χ4v) is 3.57. The van der Waals surface area contributed by atoms with Gasteiger partial charge >= 0.3 is 0 Å². The first-order valence-electron chi connectivity index (χ1n) is 8.22. The first-order chi connectivity index (χ1) is 12.9. The lowest BCUT2D eigenvalue weighted by molar-refractivity contribution is -0.136. The number of carbonyl (C=O) groups is 4. The lowest BCUT2D eigenvalue weighted by Gasteiger charge is -2.29. The van der Waals surface area contributed by atoms with Gasteiger partial charge in [-0.1, -0.05) is 0 Å². The number of fused-ring (bicyclic) bond motifs is 1. The molecule has 4 amide bonds. The van der Waals surface area contributed by atoms with E-state index in [0.717, 1.165) is 0 Å². The summed E-state index contributed by atoms with van der Waals surface area (Å²) in [6, 6.07) is 5.85. The second-order valence-corrected chi connectivity index (χ2v) is 7.18. The minimum atomic E-state index is -0.665. The number of rotatable bonds is 3. The number of nitrogens with zero attached hydrogens (tertiary/aromatic N) is 2. The summed E-state index contributed by atoms with van der Waals surface area (Å²) in [5, 5.41) is 11.5. The van der Waals surface area contributed by atoms with Crippen molar-refractivity contribution in [3.05, 3.63) is 45.7 Å². The average molecular weight is 432 g/mol. The van der Waals surface area contributed by atoms with Gasteiger partial charge in [-0.25, -0.2) is 0 Å². The van der Waals surface area contributed by atoms with Crippen molar-refractivity contribution in [1.82, 2.24) is 20.4 Å². The molecule has 2 aromatic rings. The van der Waals surface area contributed by atoms with Crippen LogP contribution in [0.15, 0.2) is 28.9 Å². The average Bonchev–Trinajstić information content (AvgIpc) is 3.19. The Morgan fingerprint density at radius 3 is 2.78 bits per heavy atom. The number of amides is 4. The number of hydrogen-bond acceptors (Lipinski definition) is 5. The van der Waals surface area contributed by atoms with E-state index in [0.29, 0.717) is 27.8 Å². The van der Waals surface area contributed by atoms with Crippen molar-refractivity contribution >= 4 is 45.2 Å². The van der Waals surface area contributed by atoms with Gasteiger partial charge in [0, 0.05) is 30.3 Å². The minimum absolute atomic E-state index is 0.205. The molecule has 0 radical (unpaired) electrons. The predicted molar refractivity (Wildman–Crippen MR) is 96.7 cm³/mol. The second kappa shape index (κ2) is 6.62. The number of hydrogen-bond donors (Lipinski definition) is 3. The number of nitrogens with one attached hydrogen (secondary N) is 3. The molecule has 2 aliphatic rings. The number of carbonyl (C=O) groups excluding carboxylic acids is 4. The molecule has 0 bridgehead atoms. The fourth-order valence-electron chi connectivity index (χ4n) is 3.26. The molecule has 4 rings (SSSR count). The summed E-state index contributed by atoms with van der Waals surface area (Å²) < 4.78 is 0.590. The lowest BCUT2D eigenvalue weighted by Crippen LogP contribution is -2.52. The maximum atomic E-state index is 12.6. The Labute approximate surface area is 161 Å². The number of anilines is 1. The third kappa shape index (κ3) is 3.23. The van der Waals surface area contributed by atoms with Gasteiger partial charge in [0.1, 0.15) is 10.6 Å². The van der Waals surface area contributed by atoms with Gasteiger partial charge in [0.2, 0.25) is 11.8 Å². The van der Waals surface area contributed by atoms with Crippen molar-refractivity contribution in [3.63, 3.8) is 0 Å². The Morgan fingerprint density at radius 1 is 1.26 bits per heavy atom. The highest BCUT2D eigenvalue weighted by Gasteiger charge is 2.39. The molecule has 0 aliphatic carbocycles. The minimum Gasteiger partial charge on any atom is -0.322 e. The van der Waals surface area contributed by atoms with Crippen LogP contribution in [0.4, 0.5) is 5.69 Å². The molecule has 1 saturated heterocycles. The van der Waals surface area contributed by atoms with Crippen LogP contribution in [0.25, 0.3) is 0 Å². The molecule has 3 heterocycles. The summed E-state index contributed by atoms with van der Waals surface area (Å²) >= 11 is 3.19. The zero-order chi connectivity index (χ0) is 19.1. The molecular formula is C17H14BrN5O4. The SMILES string of the molecule is O=C1CCC(N2Cc3cc(NC(=O)c4cc(Br)[nH]n4)ccc3C2=O)C(=O)N1. The molecular weight excluding hydrogens is 418 g/mol. The highest BCUT2D eigenvalue weighted by molar-refractivity contribution is 9.10. The Hall–Kier alpha value is -3.01. The van der Waals surface area contributed by atoms with E-state index in [1.54, 1.807) is 24.3 Å². The van der Waals surface area contributed by atoms with Gasteiger partial charge in [-0.2, -0.15) is 5.10 Å². The van der Waals surface area contributed by atoms with E-state index in [4.69, 9.17) is 0 Å². The Kier molecular flexibility index (Phi) is 4.27. The van der Waals surface area contributed by atoms with Crippen LogP contribution in [0.3, 0.4) is 0 Å². The van der Waals surface area contributed by atoms with Crippen LogP contribution in [0.5, 0.6) is 0 Å². The summed E-state index contributed by atoms with van der Waals surface area (Å²) in [6.45, 7) is 0.248. The van der Waals surface area contributed by atoms with E-state index in [9.17, 15) is 19.2 Å². The smallest absolute Gasteiger partial charge is 0.276 e. The lowest BCUT2D eigenvalue weighted by atomic mass is 10.0. The number of imide groups is 1. The highest BCUT2D eigenvalue weighted by atomic mass is 79.9. The third-order valence-electron chi connectivity index (χ3n) is 4.56. The number of H-pyrrole nitrogens is 1. The highest BCUT2D eigenvalue weighted by Crippen LogP contribution is 2.29. The fraction of sp³-hybridized carbons (Fsp3) is 0.235. The van der Waals surface area contributed by atoms with E-state index in [1.807, 2.05) is 0 Å². The summed E-state index contributed by atoms with van der Waals surface area (Å²) in [5.74, 6) is -1.42. The van der Waals surface area contributed by atoms with Gasteiger partial charge < -0.3 is 10.2 Å². The van der Waals surface area contributed by atoms with Crippen molar-refractivity contribution in [2.45, 2.75) is 25.4 Å². The molecule has 1 aromatic carbocycles. The van der Waals surface area contributed by atoms with Crippen LogP contribution in [-0.4, -0.2) is 44.8 Å². The van der Waals surface area contributed by atoms with Gasteiger partial charge in [0.15, 0.2) is 5.69 Å². The molecule has 138 valence electrons. The molecule has 0 saturated carbocycles. The maximum Gasteiger partial charge on any atom is 0.276 e.